The first kappa shape index (κ1) is 13.8. The van der Waals surface area contributed by atoms with E-state index in [9.17, 15) is 14.7 Å². The molecule has 17 heavy (non-hydrogen) atoms. The molecule has 1 aliphatic heterocycles. The van der Waals surface area contributed by atoms with E-state index in [0.29, 0.717) is 25.9 Å². The number of carbonyl (C=O) groups excluding carboxylic acids is 2. The molecule has 5 nitrogen and oxygen atoms in total. The molecule has 0 N–H and O–H groups in total. The van der Waals surface area contributed by atoms with Crippen molar-refractivity contribution in [3.05, 3.63) is 0 Å². The second kappa shape index (κ2) is 5.38. The summed E-state index contributed by atoms with van der Waals surface area (Å²) in [6, 6.07) is 0. The number of hydrogen-bond acceptors (Lipinski definition) is 4. The van der Waals surface area contributed by atoms with Gasteiger partial charge in [-0.1, -0.05) is 0 Å². The Morgan fingerprint density at radius 3 is 2.24 bits per heavy atom. The van der Waals surface area contributed by atoms with Gasteiger partial charge < -0.3 is 19.5 Å². The average Bonchev–Trinajstić information content (AvgIpc) is 2.15. The van der Waals surface area contributed by atoms with Crippen LogP contribution >= 0.6 is 0 Å². The van der Waals surface area contributed by atoms with Crippen molar-refractivity contribution in [3.8, 4) is 0 Å². The number of ether oxygens (including phenoxy) is 1. The summed E-state index contributed by atoms with van der Waals surface area (Å²) in [7, 11) is 0. The SMILES string of the molecule is CC(C)(C)OC(=O)N1CCC(CC(=O)[O-])CC1. The Morgan fingerprint density at radius 1 is 1.29 bits per heavy atom. The number of carboxylic acid groups (broad SMARTS) is 1. The van der Waals surface area contributed by atoms with Gasteiger partial charge in [0.05, 0.1) is 0 Å². The van der Waals surface area contributed by atoms with Gasteiger partial charge in [-0.05, 0) is 46.0 Å². The number of carbonyl (C=O) groups is 2. The normalized spacial score (nSPS) is 17.9. The van der Waals surface area contributed by atoms with Crippen molar-refractivity contribution in [1.29, 1.82) is 0 Å². The van der Waals surface area contributed by atoms with Crippen molar-refractivity contribution in [1.82, 2.24) is 4.90 Å². The summed E-state index contributed by atoms with van der Waals surface area (Å²) >= 11 is 0. The van der Waals surface area contributed by atoms with Gasteiger partial charge in [-0.3, -0.25) is 0 Å². The van der Waals surface area contributed by atoms with Crippen LogP contribution in [0.1, 0.15) is 40.0 Å². The molecule has 98 valence electrons. The molecule has 0 saturated carbocycles. The number of aliphatic carboxylic acids is 1. The number of hydrogen-bond donors (Lipinski definition) is 0. The van der Waals surface area contributed by atoms with Crippen LogP contribution in [0, 0.1) is 5.92 Å². The third kappa shape index (κ3) is 5.06. The van der Waals surface area contributed by atoms with Crippen molar-refractivity contribution in [2.75, 3.05) is 13.1 Å². The highest BCUT2D eigenvalue weighted by atomic mass is 16.6. The fourth-order valence-corrected chi connectivity index (χ4v) is 1.88. The largest absolute Gasteiger partial charge is 0.550 e. The fraction of sp³-hybridized carbons (Fsp3) is 0.833. The molecule has 1 heterocycles. The molecular formula is C12H20NO4-. The number of amides is 1. The minimum Gasteiger partial charge on any atom is -0.550 e. The minimum absolute atomic E-state index is 0.0855. The number of nitrogens with zero attached hydrogens (tertiary/aromatic N) is 1. The van der Waals surface area contributed by atoms with Crippen molar-refractivity contribution in [2.24, 2.45) is 5.92 Å². The predicted octanol–water partition coefficient (Wildman–Crippen LogP) is 0.773. The molecule has 0 unspecified atom stereocenters. The van der Waals surface area contributed by atoms with E-state index in [2.05, 4.69) is 0 Å². The summed E-state index contributed by atoms with van der Waals surface area (Å²) in [4.78, 5) is 23.8. The van der Waals surface area contributed by atoms with E-state index in [1.54, 1.807) is 4.90 Å². The Hall–Kier alpha value is -1.26. The van der Waals surface area contributed by atoms with Crippen molar-refractivity contribution in [2.45, 2.75) is 45.6 Å². The van der Waals surface area contributed by atoms with Gasteiger partial charge in [-0.25, -0.2) is 4.79 Å². The molecular weight excluding hydrogens is 222 g/mol. The van der Waals surface area contributed by atoms with E-state index in [1.165, 1.54) is 0 Å². The van der Waals surface area contributed by atoms with E-state index >= 15 is 0 Å². The van der Waals surface area contributed by atoms with E-state index in [-0.39, 0.29) is 18.4 Å². The Morgan fingerprint density at radius 2 is 1.82 bits per heavy atom. The van der Waals surface area contributed by atoms with Crippen LogP contribution < -0.4 is 5.11 Å². The van der Waals surface area contributed by atoms with Crippen LogP contribution in [0.5, 0.6) is 0 Å². The highest BCUT2D eigenvalue weighted by molar-refractivity contribution is 5.68. The van der Waals surface area contributed by atoms with Gasteiger partial charge in [0.1, 0.15) is 5.60 Å². The molecule has 0 aromatic rings. The summed E-state index contributed by atoms with van der Waals surface area (Å²) < 4.78 is 5.25. The molecule has 1 fully saturated rings. The lowest BCUT2D eigenvalue weighted by Crippen LogP contribution is -2.42. The maximum atomic E-state index is 11.7. The third-order valence-electron chi connectivity index (χ3n) is 2.72. The molecule has 0 atom stereocenters. The van der Waals surface area contributed by atoms with Gasteiger partial charge in [0.15, 0.2) is 0 Å². The zero-order valence-corrected chi connectivity index (χ0v) is 10.7. The van der Waals surface area contributed by atoms with Gasteiger partial charge in [0.25, 0.3) is 0 Å². The van der Waals surface area contributed by atoms with Gasteiger partial charge in [0, 0.05) is 19.1 Å². The summed E-state index contributed by atoms with van der Waals surface area (Å²) in [6.07, 6.45) is 1.17. The average molecular weight is 242 g/mol. The topological polar surface area (TPSA) is 69.7 Å². The number of carboxylic acids is 1. The third-order valence-corrected chi connectivity index (χ3v) is 2.72. The molecule has 1 saturated heterocycles. The van der Waals surface area contributed by atoms with Crippen LogP contribution in [-0.2, 0) is 9.53 Å². The van der Waals surface area contributed by atoms with E-state index in [0.717, 1.165) is 0 Å². The molecule has 0 bridgehead atoms. The Balaban J connectivity index is 2.36. The van der Waals surface area contributed by atoms with E-state index in [1.807, 2.05) is 20.8 Å². The van der Waals surface area contributed by atoms with E-state index in [4.69, 9.17) is 4.74 Å². The van der Waals surface area contributed by atoms with Crippen LogP contribution in [-0.4, -0.2) is 35.7 Å². The second-order valence-electron chi connectivity index (χ2n) is 5.49. The quantitative estimate of drug-likeness (QED) is 0.717. The zero-order valence-electron chi connectivity index (χ0n) is 10.7. The molecule has 1 amide bonds. The first-order valence-corrected chi connectivity index (χ1v) is 5.95. The Labute approximate surface area is 102 Å². The van der Waals surface area contributed by atoms with Gasteiger partial charge >= 0.3 is 6.09 Å². The summed E-state index contributed by atoms with van der Waals surface area (Å²) in [5.74, 6) is -0.889. The first-order valence-electron chi connectivity index (χ1n) is 5.95. The van der Waals surface area contributed by atoms with Crippen molar-refractivity contribution in [3.63, 3.8) is 0 Å². The Kier molecular flexibility index (Phi) is 4.37. The molecule has 0 aliphatic carbocycles. The highest BCUT2D eigenvalue weighted by Gasteiger charge is 2.26. The fourth-order valence-electron chi connectivity index (χ4n) is 1.88. The maximum absolute atomic E-state index is 11.7. The molecule has 1 aliphatic rings. The standard InChI is InChI=1S/C12H21NO4/c1-12(2,3)17-11(16)13-6-4-9(5-7-13)8-10(14)15/h9H,4-8H2,1-3H3,(H,14,15)/p-1. The van der Waals surface area contributed by atoms with Crippen LogP contribution in [0.25, 0.3) is 0 Å². The van der Waals surface area contributed by atoms with Crippen LogP contribution in [0.2, 0.25) is 0 Å². The zero-order chi connectivity index (χ0) is 13.1. The van der Waals surface area contributed by atoms with Crippen LogP contribution in [0.4, 0.5) is 4.79 Å². The number of piperidine rings is 1. The van der Waals surface area contributed by atoms with Gasteiger partial charge in [-0.15, -0.1) is 0 Å². The minimum atomic E-state index is -1.01. The van der Waals surface area contributed by atoms with Crippen LogP contribution in [0.15, 0.2) is 0 Å². The van der Waals surface area contributed by atoms with Gasteiger partial charge in [-0.2, -0.15) is 0 Å². The smallest absolute Gasteiger partial charge is 0.410 e. The predicted molar refractivity (Wildman–Crippen MR) is 60.2 cm³/mol. The van der Waals surface area contributed by atoms with Crippen molar-refractivity contribution >= 4 is 12.1 Å². The number of rotatable bonds is 2. The highest BCUT2D eigenvalue weighted by Crippen LogP contribution is 2.21. The Bertz CT molecular complexity index is 287. The molecule has 5 heteroatoms. The lowest BCUT2D eigenvalue weighted by Gasteiger charge is -2.33. The summed E-state index contributed by atoms with van der Waals surface area (Å²) in [5.41, 5.74) is -0.487. The molecule has 0 aromatic carbocycles. The molecule has 0 radical (unpaired) electrons. The summed E-state index contributed by atoms with van der Waals surface area (Å²) in [5, 5.41) is 10.5. The molecule has 0 spiro atoms. The second-order valence-corrected chi connectivity index (χ2v) is 5.49. The molecule has 1 rings (SSSR count). The number of likely N-dealkylation sites (tertiary alicyclic amines) is 1. The molecule has 0 aromatic heterocycles. The maximum Gasteiger partial charge on any atom is 0.410 e. The lowest BCUT2D eigenvalue weighted by atomic mass is 9.94. The summed E-state index contributed by atoms with van der Waals surface area (Å²) in [6.45, 7) is 6.61. The lowest BCUT2D eigenvalue weighted by molar-refractivity contribution is -0.307. The monoisotopic (exact) mass is 242 g/mol. The van der Waals surface area contributed by atoms with Crippen LogP contribution in [0.3, 0.4) is 0 Å². The van der Waals surface area contributed by atoms with Crippen molar-refractivity contribution < 1.29 is 19.4 Å². The van der Waals surface area contributed by atoms with Gasteiger partial charge in [0.2, 0.25) is 0 Å². The van der Waals surface area contributed by atoms with E-state index < -0.39 is 11.6 Å². The first-order chi connectivity index (χ1) is 7.78.